The van der Waals surface area contributed by atoms with Crippen molar-refractivity contribution in [2.45, 2.75) is 25.3 Å². The molecule has 0 bridgehead atoms. The summed E-state index contributed by atoms with van der Waals surface area (Å²) in [6.45, 7) is 2.16. The number of anilines is 1. The summed E-state index contributed by atoms with van der Waals surface area (Å²) in [5.74, 6) is 0.230. The van der Waals surface area contributed by atoms with Crippen LogP contribution in [0.1, 0.15) is 19.3 Å². The van der Waals surface area contributed by atoms with Gasteiger partial charge in [-0.2, -0.15) is 0 Å². The van der Waals surface area contributed by atoms with Gasteiger partial charge in [0.15, 0.2) is 0 Å². The second-order valence-electron chi connectivity index (χ2n) is 5.63. The van der Waals surface area contributed by atoms with Crippen LogP contribution in [-0.2, 0) is 9.59 Å². The average molecular weight is 289 g/mol. The van der Waals surface area contributed by atoms with Crippen LogP contribution < -0.4 is 10.6 Å². The topological polar surface area (TPSA) is 92.4 Å². The molecule has 2 N–H and O–H groups in total. The Morgan fingerprint density at radius 2 is 2.05 bits per heavy atom. The highest BCUT2D eigenvalue weighted by Gasteiger charge is 2.38. The normalized spacial score (nSPS) is 23.6. The Morgan fingerprint density at radius 1 is 1.29 bits per heavy atom. The van der Waals surface area contributed by atoms with Gasteiger partial charge in [0.25, 0.3) is 0 Å². The van der Waals surface area contributed by atoms with E-state index in [2.05, 4.69) is 14.9 Å². The van der Waals surface area contributed by atoms with Crippen LogP contribution in [0.5, 0.6) is 0 Å². The van der Waals surface area contributed by atoms with E-state index in [0.29, 0.717) is 6.54 Å². The van der Waals surface area contributed by atoms with E-state index >= 15 is 0 Å². The van der Waals surface area contributed by atoms with Crippen molar-refractivity contribution in [2.75, 3.05) is 24.5 Å². The molecule has 21 heavy (non-hydrogen) atoms. The molecule has 2 amide bonds. The molecule has 1 aromatic rings. The van der Waals surface area contributed by atoms with Crippen molar-refractivity contribution >= 4 is 17.6 Å². The maximum atomic E-state index is 12.0. The van der Waals surface area contributed by atoms with Gasteiger partial charge in [0.1, 0.15) is 5.82 Å². The fraction of sp³-hybridized carbons (Fsp3) is 0.571. The molecule has 3 heterocycles. The number of likely N-dealkylation sites (tertiary alicyclic amines) is 1. The first kappa shape index (κ1) is 13.8. The van der Waals surface area contributed by atoms with E-state index in [1.54, 1.807) is 18.6 Å². The molecule has 7 heteroatoms. The van der Waals surface area contributed by atoms with Crippen molar-refractivity contribution in [3.63, 3.8) is 0 Å². The van der Waals surface area contributed by atoms with Gasteiger partial charge in [0, 0.05) is 44.5 Å². The maximum Gasteiger partial charge on any atom is 0.223 e. The Bertz CT molecular complexity index is 527. The second kappa shape index (κ2) is 5.67. The van der Waals surface area contributed by atoms with Crippen LogP contribution in [0.3, 0.4) is 0 Å². The lowest BCUT2D eigenvalue weighted by Gasteiger charge is -2.37. The average Bonchev–Trinajstić information content (AvgIpc) is 2.91. The highest BCUT2D eigenvalue weighted by Crippen LogP contribution is 2.26. The zero-order chi connectivity index (χ0) is 14.8. The van der Waals surface area contributed by atoms with Crippen LogP contribution in [0.25, 0.3) is 0 Å². The lowest BCUT2D eigenvalue weighted by Crippen LogP contribution is -2.46. The van der Waals surface area contributed by atoms with Gasteiger partial charge in [-0.25, -0.2) is 4.98 Å². The summed E-state index contributed by atoms with van der Waals surface area (Å²) in [6.07, 6.45) is 7.12. The molecule has 2 saturated heterocycles. The molecule has 112 valence electrons. The second-order valence-corrected chi connectivity index (χ2v) is 5.63. The Kier molecular flexibility index (Phi) is 3.72. The minimum Gasteiger partial charge on any atom is -0.369 e. The van der Waals surface area contributed by atoms with Crippen LogP contribution in [0.15, 0.2) is 18.6 Å². The first-order valence-corrected chi connectivity index (χ1v) is 7.25. The summed E-state index contributed by atoms with van der Waals surface area (Å²) in [6, 6.07) is 0.203. The minimum atomic E-state index is -0.372. The Labute approximate surface area is 123 Å². The smallest absolute Gasteiger partial charge is 0.223 e. The fourth-order valence-corrected chi connectivity index (χ4v) is 3.14. The molecule has 0 aromatic carbocycles. The molecule has 7 nitrogen and oxygen atoms in total. The summed E-state index contributed by atoms with van der Waals surface area (Å²) in [7, 11) is 0. The van der Waals surface area contributed by atoms with E-state index in [0.717, 1.165) is 31.7 Å². The standard InChI is InChI=1S/C14H19N5O2/c15-14(21)10-7-13(20)19(9-10)11-1-5-18(6-2-11)12-8-16-3-4-17-12/h3-4,8,10-11H,1-2,5-7,9H2,(H2,15,21). The third kappa shape index (κ3) is 2.81. The SMILES string of the molecule is NC(=O)C1CC(=O)N(C2CCN(c3cnccn3)CC2)C1. The Hall–Kier alpha value is -2.18. The molecule has 1 unspecified atom stereocenters. The quantitative estimate of drug-likeness (QED) is 0.830. The molecule has 2 aliphatic heterocycles. The zero-order valence-electron chi connectivity index (χ0n) is 11.8. The molecule has 0 aliphatic carbocycles. The van der Waals surface area contributed by atoms with E-state index in [1.165, 1.54) is 0 Å². The van der Waals surface area contributed by atoms with Gasteiger partial charge in [0.2, 0.25) is 11.8 Å². The van der Waals surface area contributed by atoms with Crippen molar-refractivity contribution in [1.29, 1.82) is 0 Å². The predicted octanol–water partition coefficient (Wildman–Crippen LogP) is -0.221. The first-order chi connectivity index (χ1) is 10.1. The number of carbonyl (C=O) groups is 2. The van der Waals surface area contributed by atoms with Crippen molar-refractivity contribution in [1.82, 2.24) is 14.9 Å². The number of nitrogens with zero attached hydrogens (tertiary/aromatic N) is 4. The van der Waals surface area contributed by atoms with Crippen molar-refractivity contribution < 1.29 is 9.59 Å². The lowest BCUT2D eigenvalue weighted by atomic mass is 10.0. The van der Waals surface area contributed by atoms with Crippen molar-refractivity contribution in [3.8, 4) is 0 Å². The number of amides is 2. The third-order valence-electron chi connectivity index (χ3n) is 4.34. The van der Waals surface area contributed by atoms with Crippen LogP contribution >= 0.6 is 0 Å². The van der Waals surface area contributed by atoms with E-state index in [-0.39, 0.29) is 30.2 Å². The molecule has 2 fully saturated rings. The third-order valence-corrected chi connectivity index (χ3v) is 4.34. The van der Waals surface area contributed by atoms with Crippen LogP contribution in [0.4, 0.5) is 5.82 Å². The van der Waals surface area contributed by atoms with Crippen LogP contribution in [0, 0.1) is 5.92 Å². The summed E-state index contributed by atoms with van der Waals surface area (Å²) >= 11 is 0. The summed E-state index contributed by atoms with van der Waals surface area (Å²) in [5.41, 5.74) is 5.31. The zero-order valence-corrected chi connectivity index (χ0v) is 11.8. The number of nitrogens with two attached hydrogens (primary N) is 1. The Balaban J connectivity index is 1.59. The van der Waals surface area contributed by atoms with Crippen LogP contribution in [-0.4, -0.2) is 52.4 Å². The van der Waals surface area contributed by atoms with Gasteiger partial charge >= 0.3 is 0 Å². The summed E-state index contributed by atoms with van der Waals surface area (Å²) in [4.78, 5) is 35.6. The summed E-state index contributed by atoms with van der Waals surface area (Å²) < 4.78 is 0. The fourth-order valence-electron chi connectivity index (χ4n) is 3.14. The van der Waals surface area contributed by atoms with Crippen molar-refractivity contribution in [2.24, 2.45) is 11.7 Å². The number of hydrogen-bond donors (Lipinski definition) is 1. The van der Waals surface area contributed by atoms with Gasteiger partial charge in [-0.15, -0.1) is 0 Å². The molecule has 0 spiro atoms. The molecule has 1 atom stereocenters. The number of rotatable bonds is 3. The van der Waals surface area contributed by atoms with Gasteiger partial charge in [0.05, 0.1) is 12.1 Å². The lowest BCUT2D eigenvalue weighted by molar-refractivity contribution is -0.130. The molecule has 1 aromatic heterocycles. The van der Waals surface area contributed by atoms with E-state index in [1.807, 2.05) is 4.90 Å². The molecule has 2 aliphatic rings. The monoisotopic (exact) mass is 289 g/mol. The van der Waals surface area contributed by atoms with E-state index < -0.39 is 0 Å². The molecule has 3 rings (SSSR count). The highest BCUT2D eigenvalue weighted by molar-refractivity contribution is 5.88. The molecular weight excluding hydrogens is 270 g/mol. The number of carbonyl (C=O) groups excluding carboxylic acids is 2. The number of piperidine rings is 1. The number of primary amides is 1. The molecule has 0 saturated carbocycles. The van der Waals surface area contributed by atoms with Crippen LogP contribution in [0.2, 0.25) is 0 Å². The van der Waals surface area contributed by atoms with Gasteiger partial charge in [-0.3, -0.25) is 14.6 Å². The van der Waals surface area contributed by atoms with E-state index in [9.17, 15) is 9.59 Å². The summed E-state index contributed by atoms with van der Waals surface area (Å²) in [5, 5.41) is 0. The Morgan fingerprint density at radius 3 is 2.62 bits per heavy atom. The molecular formula is C14H19N5O2. The van der Waals surface area contributed by atoms with Crippen molar-refractivity contribution in [3.05, 3.63) is 18.6 Å². The largest absolute Gasteiger partial charge is 0.369 e. The maximum absolute atomic E-state index is 12.0. The first-order valence-electron chi connectivity index (χ1n) is 7.25. The highest BCUT2D eigenvalue weighted by atomic mass is 16.2. The number of aromatic nitrogens is 2. The predicted molar refractivity (Wildman–Crippen MR) is 76.3 cm³/mol. The van der Waals surface area contributed by atoms with Gasteiger partial charge < -0.3 is 15.5 Å². The molecule has 0 radical (unpaired) electrons. The van der Waals surface area contributed by atoms with E-state index in [4.69, 9.17) is 5.73 Å². The van der Waals surface area contributed by atoms with Gasteiger partial charge in [-0.1, -0.05) is 0 Å². The minimum absolute atomic E-state index is 0.0525. The van der Waals surface area contributed by atoms with Gasteiger partial charge in [-0.05, 0) is 12.8 Å². The number of hydrogen-bond acceptors (Lipinski definition) is 5.